The second-order valence-electron chi connectivity index (χ2n) is 2.74. The van der Waals surface area contributed by atoms with E-state index in [1.54, 1.807) is 30.2 Å². The highest BCUT2D eigenvalue weighted by Crippen LogP contribution is 2.13. The van der Waals surface area contributed by atoms with Crippen LogP contribution in [-0.2, 0) is 9.59 Å². The minimum atomic E-state index is -0.0151. The summed E-state index contributed by atoms with van der Waals surface area (Å²) in [6.07, 6.45) is 0.966. The zero-order valence-corrected chi connectivity index (χ0v) is 7.54. The van der Waals surface area contributed by atoms with Gasteiger partial charge in [-0.15, -0.1) is 5.10 Å². The van der Waals surface area contributed by atoms with Gasteiger partial charge in [-0.25, -0.2) is 14.3 Å². The third-order valence-corrected chi connectivity index (χ3v) is 1.88. The van der Waals surface area contributed by atoms with Crippen LogP contribution >= 0.6 is 0 Å². The SMILES string of the molecule is O=C=CC(=C=O)n1nnc2ccccc21. The Balaban J connectivity index is 2.72. The zero-order valence-electron chi connectivity index (χ0n) is 7.54. The second-order valence-corrected chi connectivity index (χ2v) is 2.74. The van der Waals surface area contributed by atoms with Gasteiger partial charge in [0.05, 0.1) is 11.6 Å². The van der Waals surface area contributed by atoms with Crippen LogP contribution in [-0.4, -0.2) is 26.9 Å². The average Bonchev–Trinajstić information content (AvgIpc) is 2.70. The van der Waals surface area contributed by atoms with E-state index in [0.717, 1.165) is 6.08 Å². The Morgan fingerprint density at radius 1 is 1.33 bits per heavy atom. The van der Waals surface area contributed by atoms with Crippen molar-refractivity contribution in [1.29, 1.82) is 0 Å². The number of hydrogen-bond acceptors (Lipinski definition) is 4. The van der Waals surface area contributed by atoms with Crippen LogP contribution in [0.3, 0.4) is 0 Å². The predicted molar refractivity (Wildman–Crippen MR) is 53.2 cm³/mol. The van der Waals surface area contributed by atoms with Crippen molar-refractivity contribution in [3.05, 3.63) is 30.3 Å². The van der Waals surface area contributed by atoms with Crippen LogP contribution in [0.1, 0.15) is 0 Å². The first kappa shape index (κ1) is 9.09. The monoisotopic (exact) mass is 199 g/mol. The number of allylic oxidation sites excluding steroid dienone is 2. The molecule has 0 amide bonds. The van der Waals surface area contributed by atoms with Crippen molar-refractivity contribution < 1.29 is 9.59 Å². The number of hydrogen-bond donors (Lipinski definition) is 0. The van der Waals surface area contributed by atoms with E-state index in [4.69, 9.17) is 0 Å². The van der Waals surface area contributed by atoms with Crippen molar-refractivity contribution in [2.75, 3.05) is 0 Å². The Morgan fingerprint density at radius 2 is 2.13 bits per heavy atom. The first-order chi connectivity index (χ1) is 7.36. The summed E-state index contributed by atoms with van der Waals surface area (Å²) >= 11 is 0. The number of nitrogens with zero attached hydrogens (tertiary/aromatic N) is 3. The molecule has 0 radical (unpaired) electrons. The number of benzene rings is 1. The van der Waals surface area contributed by atoms with E-state index in [9.17, 15) is 9.59 Å². The summed E-state index contributed by atoms with van der Waals surface area (Å²) in [6.45, 7) is 0. The molecule has 2 aromatic rings. The summed E-state index contributed by atoms with van der Waals surface area (Å²) in [5.74, 6) is 3.12. The lowest BCUT2D eigenvalue weighted by atomic mass is 10.3. The Morgan fingerprint density at radius 3 is 2.87 bits per heavy atom. The number of aromatic nitrogens is 3. The molecule has 2 rings (SSSR count). The van der Waals surface area contributed by atoms with Gasteiger partial charge in [0.2, 0.25) is 0 Å². The lowest BCUT2D eigenvalue weighted by Gasteiger charge is -1.95. The maximum atomic E-state index is 10.6. The summed E-state index contributed by atoms with van der Waals surface area (Å²) in [5, 5.41) is 7.58. The molecule has 0 fully saturated rings. The predicted octanol–water partition coefficient (Wildman–Crippen LogP) is 0.492. The van der Waals surface area contributed by atoms with Crippen LogP contribution in [0.25, 0.3) is 16.7 Å². The fraction of sp³-hybridized carbons (Fsp3) is 0. The molecular formula is C10H5N3O2. The molecule has 1 heterocycles. The number of carbonyl (C=O) groups excluding carboxylic acids is 2. The molecule has 0 aliphatic rings. The van der Waals surface area contributed by atoms with Gasteiger partial charge in [0.15, 0.2) is 11.6 Å². The van der Waals surface area contributed by atoms with Gasteiger partial charge in [0.1, 0.15) is 11.5 Å². The number of rotatable bonds is 2. The van der Waals surface area contributed by atoms with Gasteiger partial charge in [-0.2, -0.15) is 0 Å². The Labute approximate surface area is 84.3 Å². The molecule has 0 atom stereocenters. The van der Waals surface area contributed by atoms with Gasteiger partial charge in [0.25, 0.3) is 0 Å². The summed E-state index contributed by atoms with van der Waals surface area (Å²) in [7, 11) is 0. The van der Waals surface area contributed by atoms with Crippen molar-refractivity contribution in [3.8, 4) is 0 Å². The smallest absolute Gasteiger partial charge is 0.161 e. The maximum absolute atomic E-state index is 10.6. The first-order valence-electron chi connectivity index (χ1n) is 4.13. The van der Waals surface area contributed by atoms with Crippen molar-refractivity contribution in [1.82, 2.24) is 15.0 Å². The maximum Gasteiger partial charge on any atom is 0.161 e. The fourth-order valence-corrected chi connectivity index (χ4v) is 1.24. The molecule has 0 bridgehead atoms. The van der Waals surface area contributed by atoms with Crippen molar-refractivity contribution >= 4 is 28.6 Å². The van der Waals surface area contributed by atoms with E-state index in [1.807, 2.05) is 0 Å². The molecule has 5 nitrogen and oxygen atoms in total. The highest BCUT2D eigenvalue weighted by atomic mass is 16.1. The largest absolute Gasteiger partial charge is 0.233 e. The van der Waals surface area contributed by atoms with Gasteiger partial charge in [-0.3, -0.25) is 0 Å². The first-order valence-corrected chi connectivity index (χ1v) is 4.13. The van der Waals surface area contributed by atoms with Crippen LogP contribution < -0.4 is 0 Å². The van der Waals surface area contributed by atoms with E-state index in [1.165, 1.54) is 10.6 Å². The Hall–Kier alpha value is -2.48. The second kappa shape index (κ2) is 3.72. The quantitative estimate of drug-likeness (QED) is 0.521. The molecule has 0 aliphatic carbocycles. The molecule has 0 aliphatic heterocycles. The van der Waals surface area contributed by atoms with Crippen LogP contribution in [0.2, 0.25) is 0 Å². The van der Waals surface area contributed by atoms with E-state index in [-0.39, 0.29) is 5.70 Å². The number of para-hydroxylation sites is 1. The molecule has 5 heteroatoms. The van der Waals surface area contributed by atoms with Crippen LogP contribution in [0.15, 0.2) is 30.3 Å². The Bertz CT molecular complexity index is 602. The molecule has 0 saturated heterocycles. The third-order valence-electron chi connectivity index (χ3n) is 1.88. The highest BCUT2D eigenvalue weighted by molar-refractivity contribution is 5.92. The molecule has 1 aromatic carbocycles. The van der Waals surface area contributed by atoms with Gasteiger partial charge < -0.3 is 0 Å². The normalized spacial score (nSPS) is 9.33. The minimum Gasteiger partial charge on any atom is -0.233 e. The molecule has 1 aromatic heterocycles. The van der Waals surface area contributed by atoms with Gasteiger partial charge in [-0.1, -0.05) is 17.3 Å². The van der Waals surface area contributed by atoms with Crippen LogP contribution in [0, 0.1) is 0 Å². The van der Waals surface area contributed by atoms with Crippen LogP contribution in [0.5, 0.6) is 0 Å². The molecule has 72 valence electrons. The average molecular weight is 199 g/mol. The van der Waals surface area contributed by atoms with E-state index < -0.39 is 0 Å². The number of fused-ring (bicyclic) bond motifs is 1. The lowest BCUT2D eigenvalue weighted by molar-refractivity contribution is 0.566. The summed E-state index contributed by atoms with van der Waals surface area (Å²) in [4.78, 5) is 20.7. The summed E-state index contributed by atoms with van der Waals surface area (Å²) in [6, 6.07) is 7.09. The van der Waals surface area contributed by atoms with E-state index in [0.29, 0.717) is 11.0 Å². The molecule has 0 unspecified atom stereocenters. The van der Waals surface area contributed by atoms with Gasteiger partial charge in [-0.05, 0) is 12.1 Å². The summed E-state index contributed by atoms with van der Waals surface area (Å²) in [5.41, 5.74) is 1.27. The fourth-order valence-electron chi connectivity index (χ4n) is 1.24. The topological polar surface area (TPSA) is 64.8 Å². The van der Waals surface area contributed by atoms with Crippen molar-refractivity contribution in [2.45, 2.75) is 0 Å². The molecule has 0 saturated carbocycles. The molecule has 15 heavy (non-hydrogen) atoms. The molecule has 0 N–H and O–H groups in total. The lowest BCUT2D eigenvalue weighted by Crippen LogP contribution is -1.97. The third kappa shape index (κ3) is 1.48. The van der Waals surface area contributed by atoms with Gasteiger partial charge in [0, 0.05) is 0 Å². The van der Waals surface area contributed by atoms with E-state index >= 15 is 0 Å². The minimum absolute atomic E-state index is 0.0151. The van der Waals surface area contributed by atoms with Crippen LogP contribution in [0.4, 0.5) is 0 Å². The molecule has 0 spiro atoms. The Kier molecular flexibility index (Phi) is 2.25. The summed E-state index contributed by atoms with van der Waals surface area (Å²) < 4.78 is 1.24. The zero-order chi connectivity index (χ0) is 10.7. The highest BCUT2D eigenvalue weighted by Gasteiger charge is 2.06. The standard InChI is InChI=1S/C10H5N3O2/c14-6-5-8(7-15)13-10-4-2-1-3-9(10)11-12-13/h1-5H. The van der Waals surface area contributed by atoms with Crippen molar-refractivity contribution in [3.63, 3.8) is 0 Å². The molecular weight excluding hydrogens is 194 g/mol. The van der Waals surface area contributed by atoms with E-state index in [2.05, 4.69) is 10.3 Å². The van der Waals surface area contributed by atoms with Gasteiger partial charge >= 0.3 is 0 Å². The van der Waals surface area contributed by atoms with Crippen molar-refractivity contribution in [2.24, 2.45) is 0 Å².